The number of anilines is 1. The van der Waals surface area contributed by atoms with Gasteiger partial charge in [-0.05, 0) is 30.7 Å². The molecule has 1 heterocycles. The van der Waals surface area contributed by atoms with Gasteiger partial charge in [-0.1, -0.05) is 17.7 Å². The van der Waals surface area contributed by atoms with E-state index >= 15 is 0 Å². The number of hydrogen-bond donors (Lipinski definition) is 1. The van der Waals surface area contributed by atoms with Gasteiger partial charge in [-0.25, -0.2) is 8.42 Å². The lowest BCUT2D eigenvalue weighted by Crippen LogP contribution is -2.37. The van der Waals surface area contributed by atoms with E-state index in [0.29, 0.717) is 28.4 Å². The van der Waals surface area contributed by atoms with Crippen LogP contribution in [0.15, 0.2) is 41.3 Å². The zero-order valence-corrected chi connectivity index (χ0v) is 15.3. The molecule has 1 atom stereocenters. The Balaban J connectivity index is 2.17. The van der Waals surface area contributed by atoms with Crippen LogP contribution in [0.25, 0.3) is 0 Å². The molecule has 3 rings (SSSR count). The number of aliphatic hydroxyl groups is 1. The minimum absolute atomic E-state index is 0.0207. The maximum absolute atomic E-state index is 13.3. The highest BCUT2D eigenvalue weighted by atomic mass is 35.5. The summed E-state index contributed by atoms with van der Waals surface area (Å²) >= 11 is 5.99. The van der Waals surface area contributed by atoms with E-state index in [1.54, 1.807) is 24.3 Å². The maximum atomic E-state index is 13.3. The van der Waals surface area contributed by atoms with Crippen molar-refractivity contribution in [2.45, 2.75) is 17.4 Å². The smallest absolute Gasteiger partial charge is 0.268 e. The summed E-state index contributed by atoms with van der Waals surface area (Å²) in [6, 6.07) is 9.41. The molecule has 2 aromatic rings. The van der Waals surface area contributed by atoms with Gasteiger partial charge in [0.15, 0.2) is 0 Å². The second-order valence-corrected chi connectivity index (χ2v) is 7.87. The van der Waals surface area contributed by atoms with E-state index in [1.165, 1.54) is 30.7 Å². The molecule has 25 heavy (non-hydrogen) atoms. The Morgan fingerprint density at radius 2 is 1.92 bits per heavy atom. The highest BCUT2D eigenvalue weighted by Crippen LogP contribution is 2.40. The molecule has 0 spiro atoms. The maximum Gasteiger partial charge on any atom is 0.268 e. The Labute approximate surface area is 151 Å². The van der Waals surface area contributed by atoms with Crippen molar-refractivity contribution in [2.24, 2.45) is 0 Å². The highest BCUT2D eigenvalue weighted by molar-refractivity contribution is 7.93. The van der Waals surface area contributed by atoms with Crippen molar-refractivity contribution < 1.29 is 23.0 Å². The van der Waals surface area contributed by atoms with Crippen molar-refractivity contribution in [1.82, 2.24) is 0 Å². The topological polar surface area (TPSA) is 76.1 Å². The SMILES string of the molecule is COc1ccc2c(c1)N(S(=O)(=O)c1cc(Cl)ccc1OC)CCC2O. The van der Waals surface area contributed by atoms with E-state index in [1.807, 2.05) is 0 Å². The predicted octanol–water partition coefficient (Wildman–Crippen LogP) is 2.99. The number of aliphatic hydroxyl groups excluding tert-OH is 1. The first-order valence-corrected chi connectivity index (χ1v) is 9.42. The largest absolute Gasteiger partial charge is 0.497 e. The third-order valence-electron chi connectivity index (χ3n) is 4.16. The fraction of sp³-hybridized carbons (Fsp3) is 0.294. The van der Waals surface area contributed by atoms with Gasteiger partial charge in [0, 0.05) is 23.2 Å². The molecule has 1 unspecified atom stereocenters. The third kappa shape index (κ3) is 3.15. The lowest BCUT2D eigenvalue weighted by molar-refractivity contribution is 0.166. The zero-order chi connectivity index (χ0) is 18.2. The molecule has 0 bridgehead atoms. The second kappa shape index (κ2) is 6.74. The molecule has 0 saturated carbocycles. The fourth-order valence-electron chi connectivity index (χ4n) is 2.88. The molecule has 1 N–H and O–H groups in total. The molecular formula is C17H18ClNO5S. The van der Waals surface area contributed by atoms with Crippen molar-refractivity contribution in [1.29, 1.82) is 0 Å². The van der Waals surface area contributed by atoms with E-state index < -0.39 is 16.1 Å². The van der Waals surface area contributed by atoms with Crippen LogP contribution in [0, 0.1) is 0 Å². The van der Waals surface area contributed by atoms with E-state index in [-0.39, 0.29) is 17.2 Å². The average molecular weight is 384 g/mol. The van der Waals surface area contributed by atoms with Crippen molar-refractivity contribution in [3.63, 3.8) is 0 Å². The Morgan fingerprint density at radius 3 is 2.60 bits per heavy atom. The molecule has 0 aromatic heterocycles. The van der Waals surface area contributed by atoms with Crippen molar-refractivity contribution in [2.75, 3.05) is 25.1 Å². The molecule has 1 aliphatic heterocycles. The normalized spacial score (nSPS) is 17.1. The van der Waals surface area contributed by atoms with Crippen molar-refractivity contribution in [3.05, 3.63) is 47.0 Å². The monoisotopic (exact) mass is 383 g/mol. The summed E-state index contributed by atoms with van der Waals surface area (Å²) in [6.45, 7) is 0.138. The van der Waals surface area contributed by atoms with Gasteiger partial charge >= 0.3 is 0 Å². The summed E-state index contributed by atoms with van der Waals surface area (Å²) in [7, 11) is -1.03. The van der Waals surface area contributed by atoms with E-state index in [0.717, 1.165) is 0 Å². The summed E-state index contributed by atoms with van der Waals surface area (Å²) in [5.74, 6) is 0.714. The molecular weight excluding hydrogens is 366 g/mol. The number of nitrogens with zero attached hydrogens (tertiary/aromatic N) is 1. The van der Waals surface area contributed by atoms with Crippen LogP contribution in [0.3, 0.4) is 0 Å². The summed E-state index contributed by atoms with van der Waals surface area (Å²) in [6.07, 6.45) is -0.435. The summed E-state index contributed by atoms with van der Waals surface area (Å²) in [4.78, 5) is -0.0207. The van der Waals surface area contributed by atoms with Gasteiger partial charge in [-0.15, -0.1) is 0 Å². The van der Waals surface area contributed by atoms with Gasteiger partial charge in [-0.2, -0.15) is 0 Å². The van der Waals surface area contributed by atoms with E-state index in [4.69, 9.17) is 21.1 Å². The molecule has 8 heteroatoms. The summed E-state index contributed by atoms with van der Waals surface area (Å²) in [5.41, 5.74) is 0.928. The molecule has 0 amide bonds. The van der Waals surface area contributed by atoms with Crippen LogP contribution in [0.1, 0.15) is 18.1 Å². The van der Waals surface area contributed by atoms with Gasteiger partial charge in [0.05, 0.1) is 26.0 Å². The molecule has 0 fully saturated rings. The molecule has 0 aliphatic carbocycles. The molecule has 0 saturated heterocycles. The molecule has 1 aliphatic rings. The van der Waals surface area contributed by atoms with Gasteiger partial charge in [0.2, 0.25) is 0 Å². The zero-order valence-electron chi connectivity index (χ0n) is 13.8. The number of sulfonamides is 1. The third-order valence-corrected chi connectivity index (χ3v) is 6.23. The molecule has 2 aromatic carbocycles. The lowest BCUT2D eigenvalue weighted by Gasteiger charge is -2.33. The highest BCUT2D eigenvalue weighted by Gasteiger charge is 2.34. The number of benzene rings is 2. The number of rotatable bonds is 4. The molecule has 0 radical (unpaired) electrons. The summed E-state index contributed by atoms with van der Waals surface area (Å²) in [5, 5.41) is 10.5. The molecule has 134 valence electrons. The van der Waals surface area contributed by atoms with Crippen LogP contribution in [0.2, 0.25) is 5.02 Å². The van der Waals surface area contributed by atoms with Crippen LogP contribution >= 0.6 is 11.6 Å². The Morgan fingerprint density at radius 1 is 1.16 bits per heavy atom. The van der Waals surface area contributed by atoms with E-state index in [9.17, 15) is 13.5 Å². The minimum atomic E-state index is -3.93. The van der Waals surface area contributed by atoms with Crippen LogP contribution < -0.4 is 13.8 Å². The number of methoxy groups -OCH3 is 2. The summed E-state index contributed by atoms with van der Waals surface area (Å²) < 4.78 is 38.2. The second-order valence-electron chi connectivity index (χ2n) is 5.60. The van der Waals surface area contributed by atoms with Crippen LogP contribution in [0.4, 0.5) is 5.69 Å². The number of fused-ring (bicyclic) bond motifs is 1. The first-order chi connectivity index (χ1) is 11.9. The average Bonchev–Trinajstić information content (AvgIpc) is 2.61. The predicted molar refractivity (Wildman–Crippen MR) is 95.1 cm³/mol. The Kier molecular flexibility index (Phi) is 4.81. The van der Waals surface area contributed by atoms with Gasteiger partial charge < -0.3 is 14.6 Å². The van der Waals surface area contributed by atoms with Crippen LogP contribution in [0.5, 0.6) is 11.5 Å². The Hall–Kier alpha value is -1.96. The van der Waals surface area contributed by atoms with Gasteiger partial charge in [0.1, 0.15) is 16.4 Å². The first kappa shape index (κ1) is 17.8. The lowest BCUT2D eigenvalue weighted by atomic mass is 10.0. The van der Waals surface area contributed by atoms with Crippen molar-refractivity contribution in [3.8, 4) is 11.5 Å². The Bertz CT molecular complexity index is 900. The van der Waals surface area contributed by atoms with Crippen LogP contribution in [-0.2, 0) is 10.0 Å². The van der Waals surface area contributed by atoms with Crippen LogP contribution in [-0.4, -0.2) is 34.3 Å². The van der Waals surface area contributed by atoms with E-state index in [2.05, 4.69) is 0 Å². The van der Waals surface area contributed by atoms with Gasteiger partial charge in [-0.3, -0.25) is 4.31 Å². The minimum Gasteiger partial charge on any atom is -0.497 e. The fourth-order valence-corrected chi connectivity index (χ4v) is 4.80. The van der Waals surface area contributed by atoms with Crippen molar-refractivity contribution >= 4 is 27.3 Å². The quantitative estimate of drug-likeness (QED) is 0.878. The standard InChI is InChI=1S/C17H18ClNO5S/c1-23-12-4-5-13-14(10-12)19(8-7-15(13)20)25(21,22)17-9-11(18)3-6-16(17)24-2/h3-6,9-10,15,20H,7-8H2,1-2H3. The number of ether oxygens (including phenoxy) is 2. The van der Waals surface area contributed by atoms with Gasteiger partial charge in [0.25, 0.3) is 10.0 Å². The first-order valence-electron chi connectivity index (χ1n) is 7.60. The number of hydrogen-bond acceptors (Lipinski definition) is 5. The number of halogens is 1. The molecule has 6 nitrogen and oxygen atoms in total.